The maximum absolute atomic E-state index is 13.7. The van der Waals surface area contributed by atoms with E-state index in [4.69, 9.17) is 47.4 Å². The average molecular weight is 1570 g/mol. The maximum Gasteiger partial charge on any atom is 0.308 e. The van der Waals surface area contributed by atoms with Crippen LogP contribution in [0.1, 0.15) is 323 Å². The maximum atomic E-state index is 13.7. The highest BCUT2D eigenvalue weighted by Crippen LogP contribution is 2.34. The lowest BCUT2D eigenvalue weighted by Crippen LogP contribution is -2.60. The fourth-order valence-corrected chi connectivity index (χ4v) is 15.7. The molecule has 0 aromatic heterocycles. The second kappa shape index (κ2) is 57.2. The zero-order chi connectivity index (χ0) is 79.3. The number of rotatable bonds is 55. The van der Waals surface area contributed by atoms with Gasteiger partial charge in [-0.05, 0) is 65.2 Å². The van der Waals surface area contributed by atoms with Crippen molar-refractivity contribution in [3.05, 3.63) is 0 Å². The molecule has 6 unspecified atom stereocenters. The van der Waals surface area contributed by atoms with Crippen molar-refractivity contribution < 1.29 is 134 Å². The SMILES string of the molecule is CC(O)CCCCCCCCCCCCCCC(CCCCCCCCCCCCCC1CC(=O)OC[C@H]2O[C@@H](OC(CCCCCCCCCCCCCC(CCCCCC(C)O)O[C@@H]3O[C@H](CO)[C@@H](O)[C@H](O)[C@H]3O)CC(=O)OC[C@H]3O[C@@H](O1)[C@H](O)[C@@H](O)[C@@H]3O)[C@H](O)[C@@H](C)[C@@H]2O)O[C@@H]1O[C@H](CO)[C@@H](O)[C@H](O)[C@H]1O. The first kappa shape index (κ1) is 97.6. The monoisotopic (exact) mass is 1570 g/mol. The average Bonchev–Trinajstić information content (AvgIpc) is 0.814. The Morgan fingerprint density at radius 1 is 0.321 bits per heavy atom. The Morgan fingerprint density at radius 3 is 0.917 bits per heavy atom. The summed E-state index contributed by atoms with van der Waals surface area (Å²) in [6, 6.07) is 0. The summed E-state index contributed by atoms with van der Waals surface area (Å²) < 4.78 is 59.9. The predicted octanol–water partition coefficient (Wildman–Crippen LogP) is 8.21. The summed E-state index contributed by atoms with van der Waals surface area (Å²) in [5.41, 5.74) is 0. The molecular weight excluding hydrogens is 1420 g/mol. The van der Waals surface area contributed by atoms with Crippen molar-refractivity contribution in [2.24, 2.45) is 5.92 Å². The number of aliphatic hydroxyl groups is 15. The minimum absolute atomic E-state index is 0.206. The Balaban J connectivity index is 0.994. The number of fused-ring (bicyclic) bond motifs is 4. The van der Waals surface area contributed by atoms with Crippen LogP contribution in [0.5, 0.6) is 0 Å². The van der Waals surface area contributed by atoms with E-state index in [1.54, 1.807) is 13.8 Å². The highest BCUT2D eigenvalue weighted by molar-refractivity contribution is 5.70. The largest absolute Gasteiger partial charge is 0.463 e. The van der Waals surface area contributed by atoms with E-state index >= 15 is 0 Å². The standard InChI is InChI=1S/C82H152O27/c1-55(85)41-33-26-20-14-8-4-5-9-15-21-27-35-43-58(102-80-76(97)73(94)70(91)62(51-83)106-80)44-36-28-22-16-10-7-13-19-25-31-39-48-61-50-66(87)100-53-64-68(89)57(3)69(90)79(108-64)104-60(49-67(88)101-54-65-72(93)75(96)78(99)82(105-61)109-65)47-38-30-24-18-12-6-11-17-23-29-37-45-59(46-40-32-34-42-56(2)86)103-81-77(98)74(95)71(92)63(52-84)107-81/h55-65,68-86,89-99H,4-54H2,1-3H3/t55?,56?,57-,58?,59?,60?,61?,62+,63+,64+,65+,68-,69+,70+,71+,72+,73-,74-,75-,76+,77+,78+,79+,80+,81+,82+/m0/s1. The number of carbonyl (C=O) groups is 2. The van der Waals surface area contributed by atoms with Gasteiger partial charge in [-0.3, -0.25) is 9.59 Å². The molecule has 5 aliphatic rings. The van der Waals surface area contributed by atoms with E-state index in [2.05, 4.69) is 0 Å². The molecule has 15 N–H and O–H groups in total. The molecule has 0 spiro atoms. The summed E-state index contributed by atoms with van der Waals surface area (Å²) >= 11 is 0. The molecule has 642 valence electrons. The molecule has 4 bridgehead atoms. The first-order valence-corrected chi connectivity index (χ1v) is 43.1. The Kier molecular flexibility index (Phi) is 51.2. The van der Waals surface area contributed by atoms with Crippen molar-refractivity contribution in [2.45, 2.75) is 476 Å². The Morgan fingerprint density at radius 2 is 0.596 bits per heavy atom. The lowest BCUT2D eigenvalue weighted by Gasteiger charge is -2.42. The number of unbranched alkanes of at least 4 members (excludes halogenated alkanes) is 33. The molecule has 5 fully saturated rings. The van der Waals surface area contributed by atoms with Gasteiger partial charge in [0.05, 0.1) is 68.8 Å². The van der Waals surface area contributed by atoms with E-state index in [1.165, 1.54) is 51.4 Å². The zero-order valence-electron chi connectivity index (χ0n) is 66.7. The van der Waals surface area contributed by atoms with Gasteiger partial charge in [0.25, 0.3) is 0 Å². The summed E-state index contributed by atoms with van der Waals surface area (Å²) in [6.45, 7) is 3.33. The number of hydrogen-bond donors (Lipinski definition) is 15. The van der Waals surface area contributed by atoms with Crippen LogP contribution >= 0.6 is 0 Å². The second-order valence-corrected chi connectivity index (χ2v) is 32.7. The molecular formula is C82H152O27. The second-order valence-electron chi connectivity index (χ2n) is 32.7. The molecule has 27 heteroatoms. The summed E-state index contributed by atoms with van der Waals surface area (Å²) in [6.07, 6.45) is 14.1. The molecule has 27 nitrogen and oxygen atoms in total. The van der Waals surface area contributed by atoms with Crippen LogP contribution in [-0.2, 0) is 57.0 Å². The molecule has 5 heterocycles. The van der Waals surface area contributed by atoms with Gasteiger partial charge in [0.15, 0.2) is 25.2 Å². The summed E-state index contributed by atoms with van der Waals surface area (Å²) in [7, 11) is 0. The van der Waals surface area contributed by atoms with Gasteiger partial charge in [-0.25, -0.2) is 0 Å². The predicted molar refractivity (Wildman–Crippen MR) is 406 cm³/mol. The van der Waals surface area contributed by atoms with Crippen molar-refractivity contribution in [1.82, 2.24) is 0 Å². The number of hydrogen-bond acceptors (Lipinski definition) is 27. The molecule has 0 aromatic carbocycles. The highest BCUT2D eigenvalue weighted by atomic mass is 16.7. The molecule has 0 radical (unpaired) electrons. The number of aliphatic hydroxyl groups excluding tert-OH is 15. The topological polar surface area (TPSA) is 430 Å². The fraction of sp³-hybridized carbons (Fsp3) is 0.976. The normalized spacial score (nSPS) is 32.9. The van der Waals surface area contributed by atoms with Crippen LogP contribution in [0.3, 0.4) is 0 Å². The number of esters is 2. The van der Waals surface area contributed by atoms with E-state index in [9.17, 15) is 86.2 Å². The van der Waals surface area contributed by atoms with Crippen LogP contribution < -0.4 is 0 Å². The van der Waals surface area contributed by atoms with Gasteiger partial charge in [-0.2, -0.15) is 0 Å². The zero-order valence-corrected chi connectivity index (χ0v) is 66.7. The molecule has 0 amide bonds. The highest BCUT2D eigenvalue weighted by Gasteiger charge is 2.49. The van der Waals surface area contributed by atoms with Gasteiger partial charge in [0.2, 0.25) is 0 Å². The third-order valence-electron chi connectivity index (χ3n) is 23.0. The Labute approximate surface area is 651 Å². The van der Waals surface area contributed by atoms with Crippen LogP contribution in [0, 0.1) is 5.92 Å². The van der Waals surface area contributed by atoms with Gasteiger partial charge in [-0.15, -0.1) is 0 Å². The summed E-state index contributed by atoms with van der Waals surface area (Å²) in [5.74, 6) is -2.16. The van der Waals surface area contributed by atoms with E-state index in [-0.39, 0.29) is 43.9 Å². The molecule has 0 aliphatic carbocycles. The van der Waals surface area contributed by atoms with Crippen molar-refractivity contribution in [2.75, 3.05) is 26.4 Å². The lowest BCUT2D eigenvalue weighted by molar-refractivity contribution is -0.313. The van der Waals surface area contributed by atoms with Crippen molar-refractivity contribution >= 4 is 11.9 Å². The molecule has 0 aromatic rings. The van der Waals surface area contributed by atoms with Crippen molar-refractivity contribution in [1.29, 1.82) is 0 Å². The summed E-state index contributed by atoms with van der Waals surface area (Å²) in [4.78, 5) is 27.3. The van der Waals surface area contributed by atoms with Crippen molar-refractivity contribution in [3.8, 4) is 0 Å². The lowest BCUT2D eigenvalue weighted by atomic mass is 9.91. The van der Waals surface area contributed by atoms with E-state index in [0.29, 0.717) is 38.5 Å². The summed E-state index contributed by atoms with van der Waals surface area (Å²) in [5, 5.41) is 157. The third kappa shape index (κ3) is 38.3. The molecule has 5 saturated heterocycles. The van der Waals surface area contributed by atoms with Gasteiger partial charge >= 0.3 is 11.9 Å². The van der Waals surface area contributed by atoms with Crippen LogP contribution in [0.15, 0.2) is 0 Å². The van der Waals surface area contributed by atoms with Crippen LogP contribution in [0.2, 0.25) is 0 Å². The molecule has 0 saturated carbocycles. The van der Waals surface area contributed by atoms with Crippen LogP contribution in [0.25, 0.3) is 0 Å². The number of carbonyl (C=O) groups excluding carboxylic acids is 2. The first-order chi connectivity index (χ1) is 52.5. The minimum Gasteiger partial charge on any atom is -0.463 e. The number of ether oxygens (including phenoxy) is 10. The van der Waals surface area contributed by atoms with E-state index in [0.717, 1.165) is 199 Å². The molecule has 5 rings (SSSR count). The van der Waals surface area contributed by atoms with Crippen molar-refractivity contribution in [3.63, 3.8) is 0 Å². The Hall–Kier alpha value is -1.98. The molecule has 5 aliphatic heterocycles. The smallest absolute Gasteiger partial charge is 0.308 e. The van der Waals surface area contributed by atoms with Gasteiger partial charge < -0.3 is 124 Å². The van der Waals surface area contributed by atoms with E-state index < -0.39 is 167 Å². The molecule has 26 atom stereocenters. The van der Waals surface area contributed by atoms with E-state index in [1.807, 2.05) is 6.92 Å². The van der Waals surface area contributed by atoms with Gasteiger partial charge in [0, 0.05) is 5.92 Å². The first-order valence-electron chi connectivity index (χ1n) is 43.1. The van der Waals surface area contributed by atoms with Gasteiger partial charge in [0.1, 0.15) is 98.7 Å². The fourth-order valence-electron chi connectivity index (χ4n) is 15.7. The number of cyclic esters (lactones) is 2. The van der Waals surface area contributed by atoms with Gasteiger partial charge in [-0.1, -0.05) is 244 Å². The molecule has 109 heavy (non-hydrogen) atoms. The Bertz CT molecular complexity index is 2260. The minimum atomic E-state index is -1.74. The van der Waals surface area contributed by atoms with Crippen LogP contribution in [-0.4, -0.2) is 268 Å². The third-order valence-corrected chi connectivity index (χ3v) is 23.0. The quantitative estimate of drug-likeness (QED) is 0.0201. The van der Waals surface area contributed by atoms with Crippen LogP contribution in [0.4, 0.5) is 0 Å².